The number of methoxy groups -OCH3 is 1. The van der Waals surface area contributed by atoms with Gasteiger partial charge in [-0.2, -0.15) is 0 Å². The minimum Gasteiger partial charge on any atom is -0.385 e. The van der Waals surface area contributed by atoms with Gasteiger partial charge in [-0.15, -0.1) is 24.0 Å². The van der Waals surface area contributed by atoms with E-state index in [0.29, 0.717) is 6.54 Å². The van der Waals surface area contributed by atoms with Gasteiger partial charge >= 0.3 is 0 Å². The van der Waals surface area contributed by atoms with Gasteiger partial charge < -0.3 is 25.6 Å². The Hall–Kier alpha value is -0.900. The van der Waals surface area contributed by atoms with Crippen LogP contribution in [0.2, 0.25) is 0 Å². The van der Waals surface area contributed by atoms with Gasteiger partial charge in [-0.25, -0.2) is 0 Å². The highest BCUT2D eigenvalue weighted by Crippen LogP contribution is 2.16. The summed E-state index contributed by atoms with van der Waals surface area (Å²) in [5.74, 6) is 0.870. The van der Waals surface area contributed by atoms with Crippen molar-refractivity contribution in [1.29, 1.82) is 0 Å². The van der Waals surface area contributed by atoms with Gasteiger partial charge in [-0.3, -0.25) is 4.99 Å². The van der Waals surface area contributed by atoms with Crippen LogP contribution in [0, 0.1) is 0 Å². The van der Waals surface area contributed by atoms with Crippen LogP contribution in [0.4, 0.5) is 0 Å². The van der Waals surface area contributed by atoms with Crippen LogP contribution < -0.4 is 16.0 Å². The van der Waals surface area contributed by atoms with Crippen LogP contribution in [0.3, 0.4) is 0 Å². The summed E-state index contributed by atoms with van der Waals surface area (Å²) in [5, 5.41) is 10.5. The number of hydrogen-bond donors (Lipinski definition) is 3. The maximum atomic E-state index is 5.11. The normalized spacial score (nSPS) is 13.1. The SMILES string of the molecule is CCNC(=NCC(C)(C)NC(C)c1ccccc1)NCCN(C)CCCOC.I. The molecular formula is C22H42IN5O. The minimum atomic E-state index is -0.103. The van der Waals surface area contributed by atoms with Crippen molar-refractivity contribution >= 4 is 29.9 Å². The van der Waals surface area contributed by atoms with Crippen molar-refractivity contribution in [2.45, 2.75) is 45.7 Å². The second-order valence-electron chi connectivity index (χ2n) is 7.93. The van der Waals surface area contributed by atoms with Gasteiger partial charge in [0.1, 0.15) is 0 Å². The Morgan fingerprint density at radius 1 is 1.17 bits per heavy atom. The Labute approximate surface area is 195 Å². The molecule has 0 aliphatic carbocycles. The molecule has 0 saturated carbocycles. The van der Waals surface area contributed by atoms with Gasteiger partial charge in [0, 0.05) is 51.5 Å². The third-order valence-corrected chi connectivity index (χ3v) is 4.56. The van der Waals surface area contributed by atoms with E-state index in [0.717, 1.165) is 45.2 Å². The first-order valence-corrected chi connectivity index (χ1v) is 10.4. The lowest BCUT2D eigenvalue weighted by Gasteiger charge is -2.29. The van der Waals surface area contributed by atoms with Crippen LogP contribution in [0.5, 0.6) is 0 Å². The predicted molar refractivity (Wildman–Crippen MR) is 135 cm³/mol. The fraction of sp³-hybridized carbons (Fsp3) is 0.682. The van der Waals surface area contributed by atoms with Crippen LogP contribution in [0.1, 0.15) is 45.7 Å². The Kier molecular flexibility index (Phi) is 15.4. The molecule has 1 unspecified atom stereocenters. The van der Waals surface area contributed by atoms with Gasteiger partial charge in [-0.1, -0.05) is 30.3 Å². The first-order valence-electron chi connectivity index (χ1n) is 10.4. The van der Waals surface area contributed by atoms with E-state index in [2.05, 4.69) is 85.9 Å². The first kappa shape index (κ1) is 28.1. The van der Waals surface area contributed by atoms with Crippen molar-refractivity contribution in [3.8, 4) is 0 Å². The largest absolute Gasteiger partial charge is 0.385 e. The summed E-state index contributed by atoms with van der Waals surface area (Å²) in [5.41, 5.74) is 1.19. The predicted octanol–water partition coefficient (Wildman–Crippen LogP) is 3.26. The minimum absolute atomic E-state index is 0. The first-order chi connectivity index (χ1) is 13.4. The number of nitrogens with one attached hydrogen (secondary N) is 3. The zero-order valence-corrected chi connectivity index (χ0v) is 21.5. The Morgan fingerprint density at radius 2 is 1.86 bits per heavy atom. The molecule has 0 saturated heterocycles. The van der Waals surface area contributed by atoms with Gasteiger partial charge in [0.05, 0.1) is 6.54 Å². The summed E-state index contributed by atoms with van der Waals surface area (Å²) in [7, 11) is 3.89. The van der Waals surface area contributed by atoms with E-state index in [1.807, 2.05) is 0 Å². The van der Waals surface area contributed by atoms with Crippen LogP contribution >= 0.6 is 24.0 Å². The smallest absolute Gasteiger partial charge is 0.191 e. The lowest BCUT2D eigenvalue weighted by Crippen LogP contribution is -2.46. The number of nitrogens with zero attached hydrogens (tertiary/aromatic N) is 2. The summed E-state index contributed by atoms with van der Waals surface area (Å²) in [4.78, 5) is 7.11. The average molecular weight is 520 g/mol. The van der Waals surface area contributed by atoms with Crippen molar-refractivity contribution in [2.24, 2.45) is 4.99 Å². The van der Waals surface area contributed by atoms with Crippen molar-refractivity contribution in [1.82, 2.24) is 20.9 Å². The third kappa shape index (κ3) is 13.1. The van der Waals surface area contributed by atoms with Crippen molar-refractivity contribution in [3.05, 3.63) is 35.9 Å². The Morgan fingerprint density at radius 3 is 2.48 bits per heavy atom. The number of ether oxygens (including phenoxy) is 1. The molecule has 0 aromatic heterocycles. The topological polar surface area (TPSA) is 60.9 Å². The number of guanidine groups is 1. The van der Waals surface area contributed by atoms with Gasteiger partial charge in [-0.05, 0) is 46.7 Å². The molecule has 1 atom stereocenters. The number of benzene rings is 1. The molecule has 0 heterocycles. The van der Waals surface area contributed by atoms with E-state index in [-0.39, 0.29) is 35.6 Å². The number of likely N-dealkylation sites (N-methyl/N-ethyl adjacent to an activating group) is 1. The molecule has 29 heavy (non-hydrogen) atoms. The molecule has 0 amide bonds. The molecule has 0 spiro atoms. The molecule has 1 rings (SSSR count). The number of hydrogen-bond acceptors (Lipinski definition) is 4. The molecule has 6 nitrogen and oxygen atoms in total. The molecule has 168 valence electrons. The summed E-state index contributed by atoms with van der Waals surface area (Å²) in [6, 6.07) is 10.8. The number of rotatable bonds is 13. The second kappa shape index (κ2) is 15.9. The van der Waals surface area contributed by atoms with Crippen LogP contribution in [0.25, 0.3) is 0 Å². The molecule has 7 heteroatoms. The number of aliphatic imine (C=N–C) groups is 1. The average Bonchev–Trinajstić information content (AvgIpc) is 2.66. The molecule has 0 bridgehead atoms. The van der Waals surface area contributed by atoms with Gasteiger partial charge in [0.15, 0.2) is 5.96 Å². The van der Waals surface area contributed by atoms with Crippen molar-refractivity contribution < 1.29 is 4.74 Å². The monoisotopic (exact) mass is 519 g/mol. The van der Waals surface area contributed by atoms with Gasteiger partial charge in [0.2, 0.25) is 0 Å². The summed E-state index contributed by atoms with van der Waals surface area (Å²) in [6.45, 7) is 13.9. The maximum Gasteiger partial charge on any atom is 0.191 e. The zero-order chi connectivity index (χ0) is 20.8. The van der Waals surface area contributed by atoms with E-state index in [9.17, 15) is 0 Å². The second-order valence-corrected chi connectivity index (χ2v) is 7.93. The highest BCUT2D eigenvalue weighted by atomic mass is 127. The molecule has 3 N–H and O–H groups in total. The molecule has 1 aromatic carbocycles. The molecule has 1 aromatic rings. The fourth-order valence-corrected chi connectivity index (χ4v) is 3.03. The van der Waals surface area contributed by atoms with Crippen LogP contribution in [0.15, 0.2) is 35.3 Å². The maximum absolute atomic E-state index is 5.11. The standard InChI is InChI=1S/C22H41N5O.HI/c1-7-23-21(24-14-16-27(5)15-11-17-28-6)25-18-22(3,4)26-19(2)20-12-9-8-10-13-20;/h8-10,12-13,19,26H,7,11,14-18H2,1-6H3,(H2,23,24,25);1H. The highest BCUT2D eigenvalue weighted by Gasteiger charge is 2.20. The lowest BCUT2D eigenvalue weighted by atomic mass is 10.0. The third-order valence-electron chi connectivity index (χ3n) is 4.56. The summed E-state index contributed by atoms with van der Waals surface area (Å²) < 4.78 is 5.11. The van der Waals surface area contributed by atoms with E-state index in [4.69, 9.17) is 9.73 Å². The molecule has 0 aliphatic rings. The molecule has 0 radical (unpaired) electrons. The Bertz CT molecular complexity index is 553. The van der Waals surface area contributed by atoms with E-state index in [1.165, 1.54) is 5.56 Å². The van der Waals surface area contributed by atoms with Crippen LogP contribution in [-0.4, -0.2) is 69.9 Å². The zero-order valence-electron chi connectivity index (χ0n) is 19.1. The van der Waals surface area contributed by atoms with Crippen molar-refractivity contribution in [2.75, 3.05) is 53.5 Å². The quantitative estimate of drug-likeness (QED) is 0.162. The number of halogens is 1. The van der Waals surface area contributed by atoms with E-state index < -0.39 is 0 Å². The molecule has 0 fully saturated rings. The fourth-order valence-electron chi connectivity index (χ4n) is 3.03. The van der Waals surface area contributed by atoms with E-state index in [1.54, 1.807) is 7.11 Å². The van der Waals surface area contributed by atoms with Crippen LogP contribution in [-0.2, 0) is 4.74 Å². The lowest BCUT2D eigenvalue weighted by molar-refractivity contribution is 0.180. The highest BCUT2D eigenvalue weighted by molar-refractivity contribution is 14.0. The molecule has 0 aliphatic heterocycles. The Balaban J connectivity index is 0.00000784. The van der Waals surface area contributed by atoms with Crippen molar-refractivity contribution in [3.63, 3.8) is 0 Å². The summed E-state index contributed by atoms with van der Waals surface area (Å²) >= 11 is 0. The molecular weight excluding hydrogens is 477 g/mol. The van der Waals surface area contributed by atoms with Gasteiger partial charge in [0.25, 0.3) is 0 Å². The summed E-state index contributed by atoms with van der Waals surface area (Å²) in [6.07, 6.45) is 1.06. The van der Waals surface area contributed by atoms with E-state index >= 15 is 0 Å².